The van der Waals surface area contributed by atoms with E-state index >= 15 is 0 Å². The van der Waals surface area contributed by atoms with Crippen molar-refractivity contribution in [2.45, 2.75) is 26.3 Å². The second-order valence-electron chi connectivity index (χ2n) is 5.34. The molecule has 1 saturated heterocycles. The quantitative estimate of drug-likeness (QED) is 0.922. The maximum Gasteiger partial charge on any atom is 0.225 e. The Bertz CT molecular complexity index is 450. The molecule has 1 aromatic rings. The minimum absolute atomic E-state index is 0.0230. The van der Waals surface area contributed by atoms with Gasteiger partial charge in [0.15, 0.2) is 0 Å². The summed E-state index contributed by atoms with van der Waals surface area (Å²) >= 11 is 6.15. The van der Waals surface area contributed by atoms with E-state index in [1.54, 1.807) is 0 Å². The van der Waals surface area contributed by atoms with Crippen molar-refractivity contribution in [1.29, 1.82) is 0 Å². The first-order chi connectivity index (χ1) is 9.08. The highest BCUT2D eigenvalue weighted by Crippen LogP contribution is 2.20. The van der Waals surface area contributed by atoms with E-state index in [2.05, 4.69) is 12.2 Å². The van der Waals surface area contributed by atoms with Gasteiger partial charge in [0.2, 0.25) is 5.91 Å². The van der Waals surface area contributed by atoms with Crippen molar-refractivity contribution in [3.63, 3.8) is 0 Å². The number of rotatable bonds is 3. The minimum Gasteiger partial charge on any atom is -0.340 e. The van der Waals surface area contributed by atoms with Crippen LogP contribution in [-0.4, -0.2) is 36.5 Å². The molecular formula is C15H21ClN2O. The van der Waals surface area contributed by atoms with Gasteiger partial charge in [0, 0.05) is 36.6 Å². The van der Waals surface area contributed by atoms with E-state index in [0.29, 0.717) is 12.5 Å². The normalized spacial score (nSPS) is 21.2. The molecule has 1 aliphatic heterocycles. The summed E-state index contributed by atoms with van der Waals surface area (Å²) in [4.78, 5) is 14.4. The lowest BCUT2D eigenvalue weighted by Crippen LogP contribution is -2.52. The summed E-state index contributed by atoms with van der Waals surface area (Å²) in [5.41, 5.74) is 1.05. The van der Waals surface area contributed by atoms with Crippen LogP contribution in [0.25, 0.3) is 0 Å². The number of benzene rings is 1. The van der Waals surface area contributed by atoms with Gasteiger partial charge in [-0.15, -0.1) is 0 Å². The van der Waals surface area contributed by atoms with Crippen molar-refractivity contribution in [2.75, 3.05) is 19.6 Å². The van der Waals surface area contributed by atoms with Gasteiger partial charge in [-0.2, -0.15) is 0 Å². The molecule has 104 valence electrons. The summed E-state index contributed by atoms with van der Waals surface area (Å²) in [6, 6.07) is 8.12. The Labute approximate surface area is 119 Å². The summed E-state index contributed by atoms with van der Waals surface area (Å²) < 4.78 is 0. The number of amides is 1. The fraction of sp³-hybridized carbons (Fsp3) is 0.533. The highest BCUT2D eigenvalue weighted by molar-refractivity contribution is 6.31. The van der Waals surface area contributed by atoms with Gasteiger partial charge >= 0.3 is 0 Å². The van der Waals surface area contributed by atoms with Crippen LogP contribution in [0.15, 0.2) is 24.3 Å². The minimum atomic E-state index is -0.0230. The van der Waals surface area contributed by atoms with E-state index in [-0.39, 0.29) is 11.8 Å². The van der Waals surface area contributed by atoms with E-state index < -0.39 is 0 Å². The predicted octanol–water partition coefficient (Wildman–Crippen LogP) is 2.34. The van der Waals surface area contributed by atoms with Crippen LogP contribution in [0, 0.1) is 5.92 Å². The number of halogens is 1. The summed E-state index contributed by atoms with van der Waals surface area (Å²) in [6.45, 7) is 6.57. The zero-order valence-electron chi connectivity index (χ0n) is 11.5. The Morgan fingerprint density at radius 3 is 2.95 bits per heavy atom. The maximum atomic E-state index is 12.4. The highest BCUT2D eigenvalue weighted by Gasteiger charge is 2.25. The standard InChI is InChI=1S/C15H21ClN2O/c1-11(9-13-5-3-4-6-14(13)16)15(19)18-8-7-17-12(2)10-18/h3-6,11-12,17H,7-10H2,1-2H3/t11?,12-/m1/s1. The van der Waals surface area contributed by atoms with E-state index in [4.69, 9.17) is 11.6 Å². The van der Waals surface area contributed by atoms with Gasteiger partial charge in [-0.05, 0) is 25.0 Å². The Kier molecular flexibility index (Phi) is 4.83. The first-order valence-corrected chi connectivity index (χ1v) is 7.21. The predicted molar refractivity (Wildman–Crippen MR) is 78.4 cm³/mol. The smallest absolute Gasteiger partial charge is 0.225 e. The molecule has 1 heterocycles. The molecule has 1 aliphatic rings. The van der Waals surface area contributed by atoms with E-state index in [1.165, 1.54) is 0 Å². The van der Waals surface area contributed by atoms with Gasteiger partial charge in [-0.3, -0.25) is 4.79 Å². The number of hydrogen-bond donors (Lipinski definition) is 1. The van der Waals surface area contributed by atoms with Crippen LogP contribution in [0.5, 0.6) is 0 Å². The third-order valence-electron chi connectivity index (χ3n) is 3.59. The van der Waals surface area contributed by atoms with Crippen molar-refractivity contribution in [1.82, 2.24) is 10.2 Å². The number of nitrogens with one attached hydrogen (secondary N) is 1. The largest absolute Gasteiger partial charge is 0.340 e. The number of carbonyl (C=O) groups excluding carboxylic acids is 1. The molecule has 1 fully saturated rings. The third kappa shape index (κ3) is 3.71. The van der Waals surface area contributed by atoms with Gasteiger partial charge in [0.25, 0.3) is 0 Å². The van der Waals surface area contributed by atoms with Crippen LogP contribution in [0.2, 0.25) is 5.02 Å². The Balaban J connectivity index is 1.97. The zero-order chi connectivity index (χ0) is 13.8. The summed E-state index contributed by atoms with van der Waals surface area (Å²) in [7, 11) is 0. The average Bonchev–Trinajstić information content (AvgIpc) is 2.40. The molecule has 1 unspecified atom stereocenters. The molecule has 19 heavy (non-hydrogen) atoms. The molecule has 0 saturated carbocycles. The van der Waals surface area contributed by atoms with Crippen LogP contribution in [0.4, 0.5) is 0 Å². The molecule has 0 spiro atoms. The number of piperazine rings is 1. The van der Waals surface area contributed by atoms with Crippen molar-refractivity contribution >= 4 is 17.5 Å². The molecule has 1 N–H and O–H groups in total. The van der Waals surface area contributed by atoms with Crippen LogP contribution in [0.3, 0.4) is 0 Å². The van der Waals surface area contributed by atoms with E-state index in [0.717, 1.165) is 30.2 Å². The lowest BCUT2D eigenvalue weighted by Gasteiger charge is -2.33. The van der Waals surface area contributed by atoms with Crippen LogP contribution < -0.4 is 5.32 Å². The fourth-order valence-electron chi connectivity index (χ4n) is 2.53. The topological polar surface area (TPSA) is 32.3 Å². The van der Waals surface area contributed by atoms with Gasteiger partial charge in [-0.1, -0.05) is 36.7 Å². The van der Waals surface area contributed by atoms with Gasteiger partial charge in [0.05, 0.1) is 0 Å². The number of nitrogens with zero attached hydrogens (tertiary/aromatic N) is 1. The van der Waals surface area contributed by atoms with Crippen molar-refractivity contribution in [2.24, 2.45) is 5.92 Å². The van der Waals surface area contributed by atoms with Crippen molar-refractivity contribution < 1.29 is 4.79 Å². The molecule has 0 radical (unpaired) electrons. The van der Waals surface area contributed by atoms with Crippen molar-refractivity contribution in [3.8, 4) is 0 Å². The van der Waals surface area contributed by atoms with Crippen LogP contribution in [-0.2, 0) is 11.2 Å². The van der Waals surface area contributed by atoms with Gasteiger partial charge < -0.3 is 10.2 Å². The Morgan fingerprint density at radius 2 is 2.26 bits per heavy atom. The summed E-state index contributed by atoms with van der Waals surface area (Å²) in [6.07, 6.45) is 0.705. The summed E-state index contributed by atoms with van der Waals surface area (Å²) in [5, 5.41) is 4.10. The molecular weight excluding hydrogens is 260 g/mol. The maximum absolute atomic E-state index is 12.4. The lowest BCUT2D eigenvalue weighted by molar-refractivity contribution is -0.136. The second kappa shape index (κ2) is 6.40. The second-order valence-corrected chi connectivity index (χ2v) is 5.74. The van der Waals surface area contributed by atoms with E-state index in [9.17, 15) is 4.79 Å². The Morgan fingerprint density at radius 1 is 1.53 bits per heavy atom. The van der Waals surface area contributed by atoms with Crippen LogP contribution in [0.1, 0.15) is 19.4 Å². The molecule has 0 aromatic heterocycles. The first kappa shape index (κ1) is 14.4. The molecule has 4 heteroatoms. The van der Waals surface area contributed by atoms with Gasteiger partial charge in [-0.25, -0.2) is 0 Å². The highest BCUT2D eigenvalue weighted by atomic mass is 35.5. The molecule has 1 aromatic carbocycles. The SMILES string of the molecule is CC(Cc1ccccc1Cl)C(=O)N1CCN[C@H](C)C1. The number of carbonyl (C=O) groups is 1. The molecule has 3 nitrogen and oxygen atoms in total. The number of hydrogen-bond acceptors (Lipinski definition) is 2. The monoisotopic (exact) mass is 280 g/mol. The van der Waals surface area contributed by atoms with Gasteiger partial charge in [0.1, 0.15) is 0 Å². The molecule has 2 atom stereocenters. The fourth-order valence-corrected chi connectivity index (χ4v) is 2.74. The summed E-state index contributed by atoms with van der Waals surface area (Å²) in [5.74, 6) is 0.207. The average molecular weight is 281 g/mol. The third-order valence-corrected chi connectivity index (χ3v) is 3.95. The molecule has 0 aliphatic carbocycles. The van der Waals surface area contributed by atoms with E-state index in [1.807, 2.05) is 36.1 Å². The molecule has 2 rings (SSSR count). The molecule has 0 bridgehead atoms. The Hall–Kier alpha value is -1.06. The first-order valence-electron chi connectivity index (χ1n) is 6.83. The van der Waals surface area contributed by atoms with Crippen molar-refractivity contribution in [3.05, 3.63) is 34.9 Å². The van der Waals surface area contributed by atoms with Crippen LogP contribution >= 0.6 is 11.6 Å². The lowest BCUT2D eigenvalue weighted by atomic mass is 9.99. The zero-order valence-corrected chi connectivity index (χ0v) is 12.3. The molecule has 1 amide bonds.